The second-order valence-electron chi connectivity index (χ2n) is 8.95. The summed E-state index contributed by atoms with van der Waals surface area (Å²) in [6.45, 7) is 3.60. The molecule has 5 aromatic rings. The number of hydrogen-bond acceptors (Lipinski definition) is 8. The number of para-hydroxylation sites is 1. The van der Waals surface area contributed by atoms with Gasteiger partial charge in [-0.3, -0.25) is 4.68 Å². The number of nitrogen functional groups attached to an aromatic ring is 1. The maximum atomic E-state index is 12.9. The molecule has 10 nitrogen and oxygen atoms in total. The van der Waals surface area contributed by atoms with Crippen molar-refractivity contribution in [3.63, 3.8) is 0 Å². The van der Waals surface area contributed by atoms with Crippen LogP contribution < -0.4 is 16.7 Å². The monoisotopic (exact) mass is 515 g/mol. The normalized spacial score (nSPS) is 11.4. The van der Waals surface area contributed by atoms with Crippen molar-refractivity contribution in [1.29, 1.82) is 0 Å². The molecule has 3 N–H and O–H groups in total. The second kappa shape index (κ2) is 10.00. The lowest BCUT2D eigenvalue weighted by Gasteiger charge is -2.15. The predicted octanol–water partition coefficient (Wildman–Crippen LogP) is 3.89. The number of nitrogens with one attached hydrogen (secondary N) is 1. The van der Waals surface area contributed by atoms with Gasteiger partial charge in [0.25, 0.3) is 0 Å². The van der Waals surface area contributed by atoms with Crippen LogP contribution in [0.25, 0.3) is 27.8 Å². The summed E-state index contributed by atoms with van der Waals surface area (Å²) in [5.41, 5.74) is 10.1. The molecule has 2 aromatic carbocycles. The maximum absolute atomic E-state index is 12.9. The van der Waals surface area contributed by atoms with Gasteiger partial charge < -0.3 is 16.0 Å². The van der Waals surface area contributed by atoms with Crippen molar-refractivity contribution in [2.45, 2.75) is 13.5 Å². The first kappa shape index (κ1) is 24.4. The topological polar surface area (TPSA) is 120 Å². The molecule has 0 bridgehead atoms. The number of likely N-dealkylation sites (N-methyl/N-ethyl adjacent to an activating group) is 1. The van der Waals surface area contributed by atoms with Crippen LogP contribution in [0.2, 0.25) is 5.02 Å². The second-order valence-corrected chi connectivity index (χ2v) is 9.36. The summed E-state index contributed by atoms with van der Waals surface area (Å²) in [7, 11) is 4.08. The fourth-order valence-corrected chi connectivity index (χ4v) is 4.30. The van der Waals surface area contributed by atoms with Crippen molar-refractivity contribution in [2.75, 3.05) is 31.7 Å². The van der Waals surface area contributed by atoms with Crippen LogP contribution in [0.4, 0.5) is 17.5 Å². The van der Waals surface area contributed by atoms with E-state index in [1.54, 1.807) is 12.3 Å². The number of fused-ring (bicyclic) bond motifs is 1. The molecule has 188 valence electrons. The molecule has 37 heavy (non-hydrogen) atoms. The number of nitrogens with two attached hydrogens (primary N) is 1. The third-order valence-electron chi connectivity index (χ3n) is 5.97. The quantitative estimate of drug-likeness (QED) is 0.335. The minimum absolute atomic E-state index is 0.174. The van der Waals surface area contributed by atoms with Gasteiger partial charge in [-0.2, -0.15) is 15.1 Å². The summed E-state index contributed by atoms with van der Waals surface area (Å²) in [4.78, 5) is 28.0. The van der Waals surface area contributed by atoms with Crippen LogP contribution in [-0.4, -0.2) is 54.8 Å². The van der Waals surface area contributed by atoms with Crippen LogP contribution in [0.15, 0.2) is 65.8 Å². The summed E-state index contributed by atoms with van der Waals surface area (Å²) >= 11 is 6.36. The molecule has 0 atom stereocenters. The van der Waals surface area contributed by atoms with Gasteiger partial charge in [0.1, 0.15) is 5.82 Å². The lowest BCUT2D eigenvalue weighted by molar-refractivity contribution is 0.373. The Morgan fingerprint density at radius 1 is 1.05 bits per heavy atom. The van der Waals surface area contributed by atoms with E-state index in [2.05, 4.69) is 30.3 Å². The first-order valence-electron chi connectivity index (χ1n) is 11.7. The lowest BCUT2D eigenvalue weighted by Crippen LogP contribution is -2.25. The van der Waals surface area contributed by atoms with E-state index in [0.29, 0.717) is 22.0 Å². The van der Waals surface area contributed by atoms with Crippen LogP contribution in [-0.2, 0) is 6.54 Å². The van der Waals surface area contributed by atoms with E-state index in [1.165, 1.54) is 4.57 Å². The number of halogens is 1. The number of nitrogens with zero attached hydrogens (tertiary/aromatic N) is 7. The Kier molecular flexibility index (Phi) is 6.60. The van der Waals surface area contributed by atoms with E-state index in [1.807, 2.05) is 74.5 Å². The van der Waals surface area contributed by atoms with Crippen molar-refractivity contribution >= 4 is 40.1 Å². The molecule has 0 saturated carbocycles. The van der Waals surface area contributed by atoms with E-state index in [-0.39, 0.29) is 11.5 Å². The molecule has 5 rings (SSSR count). The molecule has 0 spiro atoms. The number of aromatic nitrogens is 6. The van der Waals surface area contributed by atoms with Gasteiger partial charge in [-0.25, -0.2) is 14.3 Å². The van der Waals surface area contributed by atoms with Gasteiger partial charge in [0.2, 0.25) is 5.95 Å². The zero-order valence-corrected chi connectivity index (χ0v) is 21.4. The molecule has 0 saturated heterocycles. The minimum Gasteiger partial charge on any atom is -0.384 e. The van der Waals surface area contributed by atoms with Crippen molar-refractivity contribution in [3.8, 4) is 16.8 Å². The fraction of sp³-hybridized carbons (Fsp3) is 0.192. The molecule has 0 aliphatic rings. The summed E-state index contributed by atoms with van der Waals surface area (Å²) in [5, 5.41) is 8.44. The Labute approximate surface area is 218 Å². The summed E-state index contributed by atoms with van der Waals surface area (Å²) in [6, 6.07) is 13.2. The third-order valence-corrected chi connectivity index (χ3v) is 6.28. The van der Waals surface area contributed by atoms with E-state index in [4.69, 9.17) is 17.3 Å². The number of hydrogen-bond donors (Lipinski definition) is 2. The van der Waals surface area contributed by atoms with E-state index in [9.17, 15) is 4.79 Å². The Morgan fingerprint density at radius 3 is 2.57 bits per heavy atom. The molecule has 0 aliphatic heterocycles. The number of rotatable bonds is 7. The number of aryl methyl sites for hydroxylation is 1. The van der Waals surface area contributed by atoms with Gasteiger partial charge >= 0.3 is 5.69 Å². The average Bonchev–Trinajstić information content (AvgIpc) is 3.34. The van der Waals surface area contributed by atoms with Crippen LogP contribution >= 0.6 is 11.6 Å². The standard InChI is InChI=1S/C26H26ClN9O/c1-16-5-4-6-21(27)22(16)36-23(28)20-14-29-25(32-24(20)33-26(36)37)31-19-9-7-17(8-10-19)18-13-30-35(15-18)12-11-34(2)3/h4-10,13-15H,11-12,28H2,1-3H3,(H,31,32,33,37). The average molecular weight is 516 g/mol. The first-order valence-corrected chi connectivity index (χ1v) is 12.0. The van der Waals surface area contributed by atoms with Gasteiger partial charge in [-0.1, -0.05) is 35.9 Å². The van der Waals surface area contributed by atoms with E-state index >= 15 is 0 Å². The summed E-state index contributed by atoms with van der Waals surface area (Å²) in [5.74, 6) is 0.475. The Balaban J connectivity index is 1.38. The van der Waals surface area contributed by atoms with Gasteiger partial charge in [-0.15, -0.1) is 0 Å². The number of benzene rings is 2. The molecule has 0 fully saturated rings. The summed E-state index contributed by atoms with van der Waals surface area (Å²) in [6.07, 6.45) is 5.44. The van der Waals surface area contributed by atoms with Gasteiger partial charge in [0, 0.05) is 30.2 Å². The lowest BCUT2D eigenvalue weighted by atomic mass is 10.1. The van der Waals surface area contributed by atoms with Crippen molar-refractivity contribution < 1.29 is 0 Å². The van der Waals surface area contributed by atoms with E-state index in [0.717, 1.165) is 35.5 Å². The number of anilines is 3. The molecule has 0 aliphatic carbocycles. The first-order chi connectivity index (χ1) is 17.8. The van der Waals surface area contributed by atoms with Crippen LogP contribution in [0.3, 0.4) is 0 Å². The summed E-state index contributed by atoms with van der Waals surface area (Å²) < 4.78 is 3.22. The molecule has 0 unspecified atom stereocenters. The SMILES string of the molecule is Cc1cccc(Cl)c1-n1c(N)c2cnc(Nc3ccc(-c4cnn(CCN(C)C)c4)cc3)nc2nc1=O. The highest BCUT2D eigenvalue weighted by Gasteiger charge is 2.16. The molecular weight excluding hydrogens is 490 g/mol. The molecular formula is C26H26ClN9O. The Morgan fingerprint density at radius 2 is 1.84 bits per heavy atom. The van der Waals surface area contributed by atoms with Gasteiger partial charge in [-0.05, 0) is 50.3 Å². The maximum Gasteiger partial charge on any atom is 0.355 e. The molecule has 3 aromatic heterocycles. The third kappa shape index (κ3) is 5.02. The minimum atomic E-state index is -0.568. The molecule has 11 heteroatoms. The molecule has 0 radical (unpaired) electrons. The predicted molar refractivity (Wildman–Crippen MR) is 147 cm³/mol. The van der Waals surface area contributed by atoms with Crippen molar-refractivity contribution in [2.24, 2.45) is 0 Å². The van der Waals surface area contributed by atoms with Gasteiger partial charge in [0.05, 0.1) is 28.8 Å². The van der Waals surface area contributed by atoms with Crippen LogP contribution in [0.1, 0.15) is 5.56 Å². The Hall–Kier alpha value is -4.28. The van der Waals surface area contributed by atoms with Crippen LogP contribution in [0, 0.1) is 6.92 Å². The molecule has 3 heterocycles. The van der Waals surface area contributed by atoms with Crippen LogP contribution in [0.5, 0.6) is 0 Å². The fourth-order valence-electron chi connectivity index (χ4n) is 4.00. The highest BCUT2D eigenvalue weighted by atomic mass is 35.5. The van der Waals surface area contributed by atoms with E-state index < -0.39 is 5.69 Å². The largest absolute Gasteiger partial charge is 0.384 e. The highest BCUT2D eigenvalue weighted by molar-refractivity contribution is 6.32. The molecule has 0 amide bonds. The highest BCUT2D eigenvalue weighted by Crippen LogP contribution is 2.28. The smallest absolute Gasteiger partial charge is 0.355 e. The van der Waals surface area contributed by atoms with Gasteiger partial charge in [0.15, 0.2) is 5.65 Å². The zero-order valence-electron chi connectivity index (χ0n) is 20.7. The van der Waals surface area contributed by atoms with Crippen molar-refractivity contribution in [3.05, 3.63) is 82.1 Å². The van der Waals surface area contributed by atoms with Crippen molar-refractivity contribution in [1.82, 2.24) is 34.2 Å². The Bertz CT molecular complexity index is 1620. The zero-order chi connectivity index (χ0) is 26.1.